The molecule has 8 aromatic carbocycles. The first kappa shape index (κ1) is 29.7. The normalized spacial score (nSPS) is 11.4. The molecule has 10 aromatic rings. The second kappa shape index (κ2) is 12.0. The minimum absolute atomic E-state index is 0.665. The molecule has 2 heterocycles. The predicted molar refractivity (Wildman–Crippen MR) is 216 cm³/mol. The Bertz CT molecular complexity index is 3000. The van der Waals surface area contributed by atoms with Crippen molar-refractivity contribution in [1.29, 1.82) is 5.26 Å². The maximum Gasteiger partial charge on any atom is 0.0991 e. The van der Waals surface area contributed by atoms with Crippen LogP contribution in [-0.4, -0.2) is 9.13 Å². The van der Waals surface area contributed by atoms with Crippen molar-refractivity contribution in [2.24, 2.45) is 0 Å². The van der Waals surface area contributed by atoms with Gasteiger partial charge in [0.05, 0.1) is 33.7 Å². The lowest BCUT2D eigenvalue weighted by atomic mass is 9.97. The van der Waals surface area contributed by atoms with Gasteiger partial charge in [-0.25, -0.2) is 0 Å². The van der Waals surface area contributed by atoms with Gasteiger partial charge in [0.2, 0.25) is 0 Å². The Kier molecular flexibility index (Phi) is 6.87. The Hall–Kier alpha value is -7.15. The molecule has 52 heavy (non-hydrogen) atoms. The van der Waals surface area contributed by atoms with Crippen LogP contribution in [0.25, 0.3) is 88.4 Å². The third-order valence-electron chi connectivity index (χ3n) is 10.3. The van der Waals surface area contributed by atoms with E-state index in [0.717, 1.165) is 33.6 Å². The quantitative estimate of drug-likeness (QED) is 0.181. The zero-order valence-electron chi connectivity index (χ0n) is 28.2. The molecule has 0 aliphatic heterocycles. The summed E-state index contributed by atoms with van der Waals surface area (Å²) in [6, 6.07) is 69.2. The first-order valence-corrected chi connectivity index (χ1v) is 17.6. The van der Waals surface area contributed by atoms with Crippen molar-refractivity contribution in [3.05, 3.63) is 194 Å². The number of hydrogen-bond donors (Lipinski definition) is 0. The highest BCUT2D eigenvalue weighted by Gasteiger charge is 2.17. The molecule has 10 rings (SSSR count). The van der Waals surface area contributed by atoms with Crippen molar-refractivity contribution in [2.45, 2.75) is 0 Å². The van der Waals surface area contributed by atoms with Gasteiger partial charge >= 0.3 is 0 Å². The first-order valence-electron chi connectivity index (χ1n) is 17.6. The fourth-order valence-electron chi connectivity index (χ4n) is 7.86. The minimum Gasteiger partial charge on any atom is -0.309 e. The summed E-state index contributed by atoms with van der Waals surface area (Å²) in [6.45, 7) is 0. The van der Waals surface area contributed by atoms with E-state index in [0.29, 0.717) is 5.56 Å². The van der Waals surface area contributed by atoms with Crippen LogP contribution in [0.15, 0.2) is 188 Å². The average Bonchev–Trinajstić information content (AvgIpc) is 3.73. The minimum atomic E-state index is 0.665. The number of hydrogen-bond acceptors (Lipinski definition) is 1. The summed E-state index contributed by atoms with van der Waals surface area (Å²) < 4.78 is 4.75. The van der Waals surface area contributed by atoms with Crippen LogP contribution in [0, 0.1) is 11.3 Å². The topological polar surface area (TPSA) is 33.6 Å². The molecule has 3 heteroatoms. The van der Waals surface area contributed by atoms with Gasteiger partial charge in [-0.05, 0) is 112 Å². The summed E-state index contributed by atoms with van der Waals surface area (Å²) in [4.78, 5) is 0. The molecule has 0 N–H and O–H groups in total. The third kappa shape index (κ3) is 4.81. The van der Waals surface area contributed by atoms with Crippen LogP contribution in [0.5, 0.6) is 0 Å². The molecule has 242 valence electrons. The molecule has 0 amide bonds. The molecule has 0 spiro atoms. The highest BCUT2D eigenvalue weighted by atomic mass is 15.0. The van der Waals surface area contributed by atoms with Crippen LogP contribution in [0.4, 0.5) is 0 Å². The number of aromatic nitrogens is 2. The number of fused-ring (bicyclic) bond motifs is 6. The Morgan fingerprint density at radius 3 is 1.40 bits per heavy atom. The van der Waals surface area contributed by atoms with E-state index < -0.39 is 0 Å². The molecule has 0 atom stereocenters. The van der Waals surface area contributed by atoms with Gasteiger partial charge in [0.1, 0.15) is 0 Å². The second-order valence-electron chi connectivity index (χ2n) is 13.3. The van der Waals surface area contributed by atoms with Gasteiger partial charge in [-0.2, -0.15) is 5.26 Å². The fraction of sp³-hybridized carbons (Fsp3) is 0. The molecule has 0 aliphatic rings. The van der Waals surface area contributed by atoms with Crippen LogP contribution in [0.2, 0.25) is 0 Å². The summed E-state index contributed by atoms with van der Waals surface area (Å²) in [7, 11) is 0. The molecule has 0 saturated heterocycles. The summed E-state index contributed by atoms with van der Waals surface area (Å²) in [5.41, 5.74) is 14.6. The van der Waals surface area contributed by atoms with E-state index in [9.17, 15) is 5.26 Å². The van der Waals surface area contributed by atoms with E-state index in [-0.39, 0.29) is 0 Å². The van der Waals surface area contributed by atoms with Crippen molar-refractivity contribution >= 4 is 43.6 Å². The lowest BCUT2D eigenvalue weighted by Crippen LogP contribution is -1.93. The summed E-state index contributed by atoms with van der Waals surface area (Å²) >= 11 is 0. The summed E-state index contributed by atoms with van der Waals surface area (Å²) in [6.07, 6.45) is 0. The standard InChI is InChI=1S/C49H31N3/c50-32-33-18-20-34(21-19-33)35-10-9-11-36(28-35)39-22-25-43-45-30-38(24-27-48(45)52(49(43)31-39)41-14-5-2-6-15-41)37-23-26-47-44(29-37)42-16-7-8-17-46(42)51(47)40-12-3-1-4-13-40/h1-31H. The fourth-order valence-corrected chi connectivity index (χ4v) is 7.86. The van der Waals surface area contributed by atoms with Crippen LogP contribution in [0.3, 0.4) is 0 Å². The van der Waals surface area contributed by atoms with Crippen molar-refractivity contribution in [3.63, 3.8) is 0 Å². The molecule has 0 bridgehead atoms. The first-order chi connectivity index (χ1) is 25.7. The molecule has 0 unspecified atom stereocenters. The lowest BCUT2D eigenvalue weighted by Gasteiger charge is -2.10. The zero-order chi connectivity index (χ0) is 34.6. The van der Waals surface area contributed by atoms with E-state index in [1.54, 1.807) is 0 Å². The van der Waals surface area contributed by atoms with Crippen molar-refractivity contribution in [2.75, 3.05) is 0 Å². The van der Waals surface area contributed by atoms with Gasteiger partial charge in [0.15, 0.2) is 0 Å². The van der Waals surface area contributed by atoms with Gasteiger partial charge < -0.3 is 9.13 Å². The van der Waals surface area contributed by atoms with E-state index >= 15 is 0 Å². The Labute approximate surface area is 301 Å². The van der Waals surface area contributed by atoms with Crippen LogP contribution < -0.4 is 0 Å². The molecule has 0 saturated carbocycles. The zero-order valence-corrected chi connectivity index (χ0v) is 28.2. The largest absolute Gasteiger partial charge is 0.309 e. The monoisotopic (exact) mass is 661 g/mol. The highest BCUT2D eigenvalue weighted by Crippen LogP contribution is 2.39. The van der Waals surface area contributed by atoms with Crippen molar-refractivity contribution < 1.29 is 0 Å². The van der Waals surface area contributed by atoms with Crippen LogP contribution in [-0.2, 0) is 0 Å². The average molecular weight is 662 g/mol. The van der Waals surface area contributed by atoms with Crippen molar-refractivity contribution in [3.8, 4) is 50.8 Å². The number of nitriles is 1. The molecular formula is C49H31N3. The maximum absolute atomic E-state index is 9.27. The Morgan fingerprint density at radius 1 is 0.308 bits per heavy atom. The van der Waals surface area contributed by atoms with E-state index in [1.165, 1.54) is 54.7 Å². The van der Waals surface area contributed by atoms with E-state index in [1.807, 2.05) is 24.3 Å². The second-order valence-corrected chi connectivity index (χ2v) is 13.3. The molecule has 0 fully saturated rings. The number of nitrogens with zero attached hydrogens (tertiary/aromatic N) is 3. The predicted octanol–water partition coefficient (Wildman–Crippen LogP) is 12.8. The summed E-state index contributed by atoms with van der Waals surface area (Å²) in [5, 5.41) is 14.2. The van der Waals surface area contributed by atoms with Gasteiger partial charge in [0.25, 0.3) is 0 Å². The van der Waals surface area contributed by atoms with Gasteiger partial charge in [-0.15, -0.1) is 0 Å². The van der Waals surface area contributed by atoms with Gasteiger partial charge in [0, 0.05) is 32.9 Å². The number of benzene rings is 8. The molecule has 0 radical (unpaired) electrons. The van der Waals surface area contributed by atoms with Gasteiger partial charge in [-0.3, -0.25) is 0 Å². The molecular weight excluding hydrogens is 631 g/mol. The Balaban J connectivity index is 1.13. The smallest absolute Gasteiger partial charge is 0.0991 e. The Morgan fingerprint density at radius 2 is 0.769 bits per heavy atom. The van der Waals surface area contributed by atoms with Crippen LogP contribution >= 0.6 is 0 Å². The summed E-state index contributed by atoms with van der Waals surface area (Å²) in [5.74, 6) is 0. The molecule has 0 aliphatic carbocycles. The van der Waals surface area contributed by atoms with Gasteiger partial charge in [-0.1, -0.05) is 109 Å². The highest BCUT2D eigenvalue weighted by molar-refractivity contribution is 6.13. The van der Waals surface area contributed by atoms with E-state index in [2.05, 4.69) is 179 Å². The maximum atomic E-state index is 9.27. The lowest BCUT2D eigenvalue weighted by molar-refractivity contribution is 1.18. The van der Waals surface area contributed by atoms with Crippen molar-refractivity contribution in [1.82, 2.24) is 9.13 Å². The van der Waals surface area contributed by atoms with Crippen LogP contribution in [0.1, 0.15) is 5.56 Å². The molecule has 2 aromatic heterocycles. The number of rotatable bonds is 5. The third-order valence-corrected chi connectivity index (χ3v) is 10.3. The molecule has 3 nitrogen and oxygen atoms in total. The van der Waals surface area contributed by atoms with E-state index in [4.69, 9.17) is 0 Å². The SMILES string of the molecule is N#Cc1ccc(-c2cccc(-c3ccc4c5cc(-c6ccc7c(c6)c6ccccc6n7-c6ccccc6)ccc5n(-c5ccccc5)c4c3)c2)cc1. The number of para-hydroxylation sites is 3.